The zero-order valence-corrected chi connectivity index (χ0v) is 37.1. The molecule has 2 aliphatic heterocycles. The molecule has 0 spiro atoms. The van der Waals surface area contributed by atoms with Crippen LogP contribution in [0.2, 0.25) is 15.1 Å². The van der Waals surface area contributed by atoms with Crippen LogP contribution < -0.4 is 20.7 Å². The lowest BCUT2D eigenvalue weighted by Gasteiger charge is -2.37. The number of benzene rings is 4. The molecule has 0 saturated carbocycles. The molecule has 2 aromatic heterocycles. The molecule has 2 aliphatic rings. The molecular weight excluding hydrogens is 874 g/mol. The fraction of sp³-hybridized carbons (Fsp3) is 0.362. The first-order valence-electron chi connectivity index (χ1n) is 21.1. The van der Waals surface area contributed by atoms with E-state index in [0.29, 0.717) is 85.1 Å². The van der Waals surface area contributed by atoms with E-state index in [4.69, 9.17) is 39.3 Å². The molecule has 0 atom stereocenters. The number of rotatable bonds is 15. The first-order chi connectivity index (χ1) is 30.3. The number of ether oxygens (including phenoxy) is 1. The average Bonchev–Trinajstić information content (AvgIpc) is 3.83. The summed E-state index contributed by atoms with van der Waals surface area (Å²) in [7, 11) is 0. The predicted octanol–water partition coefficient (Wildman–Crippen LogP) is 9.87. The summed E-state index contributed by atoms with van der Waals surface area (Å²) in [5.41, 5.74) is 6.44. The highest BCUT2D eigenvalue weighted by Gasteiger charge is 2.39. The molecule has 2 saturated heterocycles. The number of halogens is 6. The van der Waals surface area contributed by atoms with E-state index in [-0.39, 0.29) is 11.7 Å². The molecule has 6 aromatic rings. The van der Waals surface area contributed by atoms with E-state index in [2.05, 4.69) is 58.4 Å². The Morgan fingerprint density at radius 3 is 2.22 bits per heavy atom. The van der Waals surface area contributed by atoms with Gasteiger partial charge >= 0.3 is 6.36 Å². The molecule has 0 radical (unpaired) electrons. The van der Waals surface area contributed by atoms with E-state index in [1.165, 1.54) is 12.1 Å². The molecule has 1 amide bonds. The number of amides is 1. The Kier molecular flexibility index (Phi) is 14.0. The zero-order chi connectivity index (χ0) is 44.1. The summed E-state index contributed by atoms with van der Waals surface area (Å²) in [4.78, 5) is 18.8. The van der Waals surface area contributed by atoms with Gasteiger partial charge in [-0.3, -0.25) is 19.9 Å². The first-order valence-corrected chi connectivity index (χ1v) is 22.3. The number of piperidine rings is 1. The first kappa shape index (κ1) is 45.0. The Balaban J connectivity index is 0.944. The molecule has 0 aliphatic carbocycles. The van der Waals surface area contributed by atoms with Crippen molar-refractivity contribution in [2.75, 3.05) is 45.8 Å². The van der Waals surface area contributed by atoms with Crippen LogP contribution in [-0.4, -0.2) is 83.1 Å². The second-order valence-corrected chi connectivity index (χ2v) is 17.5. The van der Waals surface area contributed by atoms with Gasteiger partial charge < -0.3 is 24.5 Å². The smallest absolute Gasteiger partial charge is 0.406 e. The van der Waals surface area contributed by atoms with Crippen LogP contribution in [0, 0.1) is 6.92 Å². The van der Waals surface area contributed by atoms with Crippen molar-refractivity contribution in [3.8, 4) is 28.1 Å². The fourth-order valence-corrected chi connectivity index (χ4v) is 9.26. The third kappa shape index (κ3) is 10.9. The van der Waals surface area contributed by atoms with Gasteiger partial charge in [-0.2, -0.15) is 0 Å². The van der Waals surface area contributed by atoms with Gasteiger partial charge in [0.15, 0.2) is 0 Å². The lowest BCUT2D eigenvalue weighted by Crippen LogP contribution is -2.61. The van der Waals surface area contributed by atoms with E-state index >= 15 is 0 Å². The highest BCUT2D eigenvalue weighted by Crippen LogP contribution is 2.35. The van der Waals surface area contributed by atoms with Crippen molar-refractivity contribution in [2.24, 2.45) is 0 Å². The van der Waals surface area contributed by atoms with Crippen LogP contribution in [0.25, 0.3) is 33.3 Å². The Morgan fingerprint density at radius 2 is 1.54 bits per heavy atom. The van der Waals surface area contributed by atoms with Gasteiger partial charge in [-0.15, -0.1) is 13.2 Å². The van der Waals surface area contributed by atoms with Crippen LogP contribution in [0.15, 0.2) is 95.6 Å². The van der Waals surface area contributed by atoms with Gasteiger partial charge in [0, 0.05) is 113 Å². The SMILES string of the molecule is Cc1onc(-c2ccc(Cl)cc2)c1CNC1(C(=O)NCCCn2cc(-c3ccc(OC(F)(F)F)cc3)c3cc(CN4CCN(Cc5c(Cl)cccc5Cl)CC4)ccc32)CCNCC1. The number of piperazine rings is 1. The molecule has 2 fully saturated rings. The van der Waals surface area contributed by atoms with Crippen molar-refractivity contribution < 1.29 is 27.2 Å². The van der Waals surface area contributed by atoms with Crippen molar-refractivity contribution in [1.29, 1.82) is 0 Å². The molecule has 10 nitrogen and oxygen atoms in total. The second kappa shape index (κ2) is 19.6. The standard InChI is InChI=1S/C47H49Cl3F3N7O3/c1-31-38(44(57-63-31)34-7-11-35(48)12-8-34)27-56-46(16-19-54-20-17-46)45(61)55-18-3-21-60-30-39(33-9-13-36(14-10-33)62-47(51,52)53)37-26-32(6-15-43(37)60)28-58-22-24-59(25-23-58)29-40-41(49)4-2-5-42(40)50/h2,4-15,26,30,54,56H,3,16-25,27-29H2,1H3,(H,55,61). The normalized spacial score (nSPS) is 16.1. The maximum Gasteiger partial charge on any atom is 0.573 e. The number of aromatic nitrogens is 2. The highest BCUT2D eigenvalue weighted by atomic mass is 35.5. The third-order valence-electron chi connectivity index (χ3n) is 12.1. The average molecular weight is 923 g/mol. The van der Waals surface area contributed by atoms with Gasteiger partial charge in [-0.05, 0) is 98.9 Å². The molecule has 0 unspecified atom stereocenters. The molecule has 3 N–H and O–H groups in total. The Labute approximate surface area is 379 Å². The summed E-state index contributed by atoms with van der Waals surface area (Å²) in [6.45, 7) is 9.65. The van der Waals surface area contributed by atoms with E-state index in [9.17, 15) is 18.0 Å². The zero-order valence-electron chi connectivity index (χ0n) is 34.8. The van der Waals surface area contributed by atoms with E-state index in [1.807, 2.05) is 55.6 Å². The predicted molar refractivity (Wildman–Crippen MR) is 242 cm³/mol. The molecular formula is C47H49Cl3F3N7O3. The van der Waals surface area contributed by atoms with Gasteiger partial charge in [0.25, 0.3) is 0 Å². The van der Waals surface area contributed by atoms with Crippen LogP contribution in [0.1, 0.15) is 41.7 Å². The molecule has 8 rings (SSSR count). The number of carbonyl (C=O) groups excluding carboxylic acids is 1. The summed E-state index contributed by atoms with van der Waals surface area (Å²) >= 11 is 19.0. The van der Waals surface area contributed by atoms with Gasteiger partial charge in [0.2, 0.25) is 5.91 Å². The van der Waals surface area contributed by atoms with Crippen molar-refractivity contribution in [1.82, 2.24) is 35.5 Å². The van der Waals surface area contributed by atoms with Gasteiger partial charge in [-0.1, -0.05) is 76.4 Å². The molecule has 4 heterocycles. The van der Waals surface area contributed by atoms with Crippen molar-refractivity contribution >= 4 is 51.6 Å². The van der Waals surface area contributed by atoms with Crippen molar-refractivity contribution in [3.05, 3.63) is 129 Å². The summed E-state index contributed by atoms with van der Waals surface area (Å²) in [5, 5.41) is 17.5. The Bertz CT molecular complexity index is 2490. The summed E-state index contributed by atoms with van der Waals surface area (Å²) in [5.74, 6) is 0.355. The Morgan fingerprint density at radius 1 is 0.873 bits per heavy atom. The lowest BCUT2D eigenvalue weighted by molar-refractivity contribution is -0.274. The minimum atomic E-state index is -4.78. The van der Waals surface area contributed by atoms with Gasteiger partial charge in [-0.25, -0.2) is 0 Å². The van der Waals surface area contributed by atoms with Crippen LogP contribution in [-0.2, 0) is 31.0 Å². The number of fused-ring (bicyclic) bond motifs is 1. The topological polar surface area (TPSA) is 99.8 Å². The molecule has 63 heavy (non-hydrogen) atoms. The summed E-state index contributed by atoms with van der Waals surface area (Å²) < 4.78 is 50.9. The number of nitrogens with one attached hydrogen (secondary N) is 3. The molecule has 332 valence electrons. The quantitative estimate of drug-likeness (QED) is 0.0877. The minimum absolute atomic E-state index is 0.0523. The number of carbonyl (C=O) groups is 1. The van der Waals surface area contributed by atoms with Crippen molar-refractivity contribution in [3.63, 3.8) is 0 Å². The largest absolute Gasteiger partial charge is 0.573 e. The summed E-state index contributed by atoms with van der Waals surface area (Å²) in [6.07, 6.45) is -0.848. The fourth-order valence-electron chi connectivity index (χ4n) is 8.61. The van der Waals surface area contributed by atoms with Crippen LogP contribution >= 0.6 is 34.8 Å². The van der Waals surface area contributed by atoms with Crippen molar-refractivity contribution in [2.45, 2.75) is 64.3 Å². The minimum Gasteiger partial charge on any atom is -0.406 e. The monoisotopic (exact) mass is 921 g/mol. The summed E-state index contributed by atoms with van der Waals surface area (Å²) in [6, 6.07) is 25.5. The van der Waals surface area contributed by atoms with E-state index < -0.39 is 11.9 Å². The van der Waals surface area contributed by atoms with Crippen LogP contribution in [0.4, 0.5) is 13.2 Å². The van der Waals surface area contributed by atoms with E-state index in [0.717, 1.165) is 77.0 Å². The highest BCUT2D eigenvalue weighted by molar-refractivity contribution is 6.36. The number of alkyl halides is 3. The molecule has 16 heteroatoms. The second-order valence-electron chi connectivity index (χ2n) is 16.3. The van der Waals surface area contributed by atoms with Crippen LogP contribution in [0.5, 0.6) is 5.75 Å². The molecule has 4 aromatic carbocycles. The van der Waals surface area contributed by atoms with E-state index in [1.54, 1.807) is 12.1 Å². The number of nitrogens with zero attached hydrogens (tertiary/aromatic N) is 4. The van der Waals surface area contributed by atoms with Gasteiger partial charge in [0.05, 0.1) is 0 Å². The number of hydrogen-bond donors (Lipinski definition) is 3. The maximum atomic E-state index is 14.1. The van der Waals surface area contributed by atoms with Gasteiger partial charge in [0.1, 0.15) is 22.7 Å². The number of aryl methyl sites for hydroxylation is 2. The third-order valence-corrected chi connectivity index (χ3v) is 13.1. The molecule has 0 bridgehead atoms. The Hall–Kier alpha value is -4.60. The number of hydrogen-bond acceptors (Lipinski definition) is 8. The maximum absolute atomic E-state index is 14.1. The van der Waals surface area contributed by atoms with Crippen LogP contribution in [0.3, 0.4) is 0 Å². The lowest BCUT2D eigenvalue weighted by atomic mass is 9.86.